The average molecular weight is 409 g/mol. The highest BCUT2D eigenvalue weighted by atomic mass is 35.5. The summed E-state index contributed by atoms with van der Waals surface area (Å²) >= 11 is 5.95. The molecule has 0 aliphatic carbocycles. The molecule has 2 fully saturated rings. The first-order valence-corrected chi connectivity index (χ1v) is 10.6. The van der Waals surface area contributed by atoms with Crippen LogP contribution in [0.25, 0.3) is 0 Å². The smallest absolute Gasteiger partial charge is 0.315 e. The minimum Gasteiger partial charge on any atom is -0.379 e. The van der Waals surface area contributed by atoms with Gasteiger partial charge in [-0.15, -0.1) is 0 Å². The molecular formula is C21H33ClN4O2. The molecule has 0 unspecified atom stereocenters. The molecule has 0 spiro atoms. The van der Waals surface area contributed by atoms with E-state index in [0.29, 0.717) is 6.54 Å². The lowest BCUT2D eigenvalue weighted by atomic mass is 10.0. The van der Waals surface area contributed by atoms with Crippen molar-refractivity contribution in [1.82, 2.24) is 20.4 Å². The monoisotopic (exact) mass is 408 g/mol. The molecule has 2 heterocycles. The molecule has 1 aromatic rings. The molecule has 1 aromatic carbocycles. The van der Waals surface area contributed by atoms with Gasteiger partial charge in [-0.2, -0.15) is 0 Å². The van der Waals surface area contributed by atoms with Crippen LogP contribution in [-0.4, -0.2) is 73.3 Å². The van der Waals surface area contributed by atoms with Crippen LogP contribution >= 0.6 is 11.6 Å². The van der Waals surface area contributed by atoms with Gasteiger partial charge in [-0.1, -0.05) is 23.7 Å². The molecule has 2 aliphatic rings. The Morgan fingerprint density at radius 3 is 2.43 bits per heavy atom. The van der Waals surface area contributed by atoms with Crippen molar-refractivity contribution in [2.45, 2.75) is 44.8 Å². The van der Waals surface area contributed by atoms with Crippen molar-refractivity contribution < 1.29 is 9.53 Å². The van der Waals surface area contributed by atoms with E-state index in [1.807, 2.05) is 12.1 Å². The first-order chi connectivity index (χ1) is 13.4. The number of morpholine rings is 1. The molecule has 2 N–H and O–H groups in total. The van der Waals surface area contributed by atoms with Crippen LogP contribution in [0.5, 0.6) is 0 Å². The number of hydrogen-bond acceptors (Lipinski definition) is 4. The zero-order chi connectivity index (χ0) is 20.0. The maximum atomic E-state index is 12.4. The van der Waals surface area contributed by atoms with E-state index < -0.39 is 0 Å². The van der Waals surface area contributed by atoms with Gasteiger partial charge >= 0.3 is 6.03 Å². The summed E-state index contributed by atoms with van der Waals surface area (Å²) in [5, 5.41) is 6.99. The summed E-state index contributed by atoms with van der Waals surface area (Å²) in [5.74, 6) is 0. The van der Waals surface area contributed by atoms with Crippen molar-refractivity contribution in [2.75, 3.05) is 45.9 Å². The molecule has 0 radical (unpaired) electrons. The van der Waals surface area contributed by atoms with Gasteiger partial charge in [-0.3, -0.25) is 9.80 Å². The number of nitrogens with zero attached hydrogens (tertiary/aromatic N) is 2. The number of urea groups is 1. The number of carbonyl (C=O) groups excluding carboxylic acids is 1. The van der Waals surface area contributed by atoms with E-state index in [1.54, 1.807) is 0 Å². The number of hydrogen-bond donors (Lipinski definition) is 2. The largest absolute Gasteiger partial charge is 0.379 e. The van der Waals surface area contributed by atoms with Gasteiger partial charge in [0, 0.05) is 55.9 Å². The topological polar surface area (TPSA) is 56.8 Å². The fourth-order valence-electron chi connectivity index (χ4n) is 3.90. The molecule has 0 atom stereocenters. The van der Waals surface area contributed by atoms with Gasteiger partial charge in [0.1, 0.15) is 0 Å². The highest BCUT2D eigenvalue weighted by Crippen LogP contribution is 2.17. The molecule has 2 amide bonds. The second-order valence-corrected chi connectivity index (χ2v) is 8.85. The van der Waals surface area contributed by atoms with Gasteiger partial charge < -0.3 is 15.4 Å². The van der Waals surface area contributed by atoms with Crippen molar-refractivity contribution in [3.8, 4) is 0 Å². The quantitative estimate of drug-likeness (QED) is 0.759. The van der Waals surface area contributed by atoms with E-state index in [0.717, 1.165) is 63.8 Å². The molecule has 2 aliphatic heterocycles. The standard InChI is InChI=1S/C21H33ClN4O2/c1-21(2,26-11-13-28-14-12-26)16-23-20(27)24-19-7-9-25(10-8-19)15-17-3-5-18(22)6-4-17/h3-6,19H,7-16H2,1-2H3,(H2,23,24,27). The maximum absolute atomic E-state index is 12.4. The van der Waals surface area contributed by atoms with Crippen molar-refractivity contribution in [2.24, 2.45) is 0 Å². The van der Waals surface area contributed by atoms with Crippen molar-refractivity contribution in [3.05, 3.63) is 34.9 Å². The number of amides is 2. The normalized spacial score (nSPS) is 20.1. The number of halogens is 1. The summed E-state index contributed by atoms with van der Waals surface area (Å²) < 4.78 is 5.42. The molecule has 0 aromatic heterocycles. The van der Waals surface area contributed by atoms with Gasteiger partial charge in [0.25, 0.3) is 0 Å². The lowest BCUT2D eigenvalue weighted by molar-refractivity contribution is -0.00878. The summed E-state index contributed by atoms with van der Waals surface area (Å²) in [4.78, 5) is 17.2. The van der Waals surface area contributed by atoms with Crippen LogP contribution < -0.4 is 10.6 Å². The first-order valence-electron chi connectivity index (χ1n) is 10.3. The lowest BCUT2D eigenvalue weighted by Crippen LogP contribution is -2.57. The summed E-state index contributed by atoms with van der Waals surface area (Å²) in [6, 6.07) is 8.22. The minimum atomic E-state index is -0.0664. The number of piperidine rings is 1. The average Bonchev–Trinajstić information content (AvgIpc) is 2.70. The van der Waals surface area contributed by atoms with Crippen LogP contribution in [0, 0.1) is 0 Å². The van der Waals surface area contributed by atoms with Crippen LogP contribution in [0.3, 0.4) is 0 Å². The second kappa shape index (κ2) is 9.92. The highest BCUT2D eigenvalue weighted by Gasteiger charge is 2.29. The van der Waals surface area contributed by atoms with Gasteiger partial charge in [0.15, 0.2) is 0 Å². The number of benzene rings is 1. The van der Waals surface area contributed by atoms with Crippen LogP contribution in [0.1, 0.15) is 32.3 Å². The molecule has 0 bridgehead atoms. The van der Waals surface area contributed by atoms with Crippen LogP contribution in [-0.2, 0) is 11.3 Å². The number of rotatable bonds is 6. The SMILES string of the molecule is CC(C)(CNC(=O)NC1CCN(Cc2ccc(Cl)cc2)CC1)N1CCOCC1. The Hall–Kier alpha value is -1.34. The maximum Gasteiger partial charge on any atom is 0.315 e. The fourth-order valence-corrected chi connectivity index (χ4v) is 4.02. The van der Waals surface area contributed by atoms with E-state index in [9.17, 15) is 4.79 Å². The summed E-state index contributed by atoms with van der Waals surface area (Å²) in [6.45, 7) is 11.3. The van der Waals surface area contributed by atoms with Gasteiger partial charge in [-0.25, -0.2) is 4.79 Å². The van der Waals surface area contributed by atoms with Gasteiger partial charge in [-0.05, 0) is 44.4 Å². The number of nitrogens with one attached hydrogen (secondary N) is 2. The molecule has 156 valence electrons. The third-order valence-electron chi connectivity index (χ3n) is 5.79. The summed E-state index contributed by atoms with van der Waals surface area (Å²) in [6.07, 6.45) is 1.96. The Morgan fingerprint density at radius 1 is 1.14 bits per heavy atom. The Kier molecular flexibility index (Phi) is 7.57. The predicted molar refractivity (Wildman–Crippen MR) is 113 cm³/mol. The van der Waals surface area contributed by atoms with E-state index in [1.165, 1.54) is 5.56 Å². The molecular weight excluding hydrogens is 376 g/mol. The van der Waals surface area contributed by atoms with Crippen LogP contribution in [0.15, 0.2) is 24.3 Å². The molecule has 6 nitrogen and oxygen atoms in total. The highest BCUT2D eigenvalue weighted by molar-refractivity contribution is 6.30. The third kappa shape index (κ3) is 6.34. The lowest BCUT2D eigenvalue weighted by Gasteiger charge is -2.41. The van der Waals surface area contributed by atoms with E-state index >= 15 is 0 Å². The Morgan fingerprint density at radius 2 is 1.79 bits per heavy atom. The Bertz CT molecular complexity index is 624. The van der Waals surface area contributed by atoms with Gasteiger partial charge in [0.2, 0.25) is 0 Å². The third-order valence-corrected chi connectivity index (χ3v) is 6.04. The van der Waals surface area contributed by atoms with Gasteiger partial charge in [0.05, 0.1) is 13.2 Å². The van der Waals surface area contributed by atoms with E-state index in [-0.39, 0.29) is 17.6 Å². The molecule has 7 heteroatoms. The molecule has 28 heavy (non-hydrogen) atoms. The Balaban J connectivity index is 1.35. The van der Waals surface area contributed by atoms with Crippen molar-refractivity contribution in [1.29, 1.82) is 0 Å². The second-order valence-electron chi connectivity index (χ2n) is 8.42. The number of likely N-dealkylation sites (tertiary alicyclic amines) is 1. The number of carbonyl (C=O) groups is 1. The van der Waals surface area contributed by atoms with E-state index in [4.69, 9.17) is 16.3 Å². The molecule has 2 saturated heterocycles. The van der Waals surface area contributed by atoms with Crippen molar-refractivity contribution >= 4 is 17.6 Å². The van der Waals surface area contributed by atoms with Crippen molar-refractivity contribution in [3.63, 3.8) is 0 Å². The van der Waals surface area contributed by atoms with E-state index in [2.05, 4.69) is 46.4 Å². The molecule has 0 saturated carbocycles. The first kappa shape index (κ1) is 21.4. The zero-order valence-electron chi connectivity index (χ0n) is 17.0. The predicted octanol–water partition coefficient (Wildman–Crippen LogP) is 2.71. The summed E-state index contributed by atoms with van der Waals surface area (Å²) in [5.41, 5.74) is 1.21. The number of ether oxygens (including phenoxy) is 1. The van der Waals surface area contributed by atoms with Crippen LogP contribution in [0.4, 0.5) is 4.79 Å². The van der Waals surface area contributed by atoms with Crippen LogP contribution in [0.2, 0.25) is 5.02 Å². The Labute approximate surface area is 173 Å². The summed E-state index contributed by atoms with van der Waals surface area (Å²) in [7, 11) is 0. The molecule has 3 rings (SSSR count). The fraction of sp³-hybridized carbons (Fsp3) is 0.667. The zero-order valence-corrected chi connectivity index (χ0v) is 17.8. The minimum absolute atomic E-state index is 0.0579.